The lowest BCUT2D eigenvalue weighted by atomic mass is 10.2. The second-order valence-corrected chi connectivity index (χ2v) is 4.40. The van der Waals surface area contributed by atoms with Gasteiger partial charge < -0.3 is 21.1 Å². The van der Waals surface area contributed by atoms with E-state index in [1.54, 1.807) is 25.3 Å². The fourth-order valence-electron chi connectivity index (χ4n) is 1.70. The van der Waals surface area contributed by atoms with E-state index in [2.05, 4.69) is 10.6 Å². The van der Waals surface area contributed by atoms with E-state index in [9.17, 15) is 4.79 Å². The summed E-state index contributed by atoms with van der Waals surface area (Å²) in [5.74, 6) is 0.645. The number of nitrogens with one attached hydrogen (secondary N) is 2. The van der Waals surface area contributed by atoms with Gasteiger partial charge in [-0.1, -0.05) is 17.7 Å². The Morgan fingerprint density at radius 2 is 1.80 bits per heavy atom. The molecule has 0 aliphatic carbocycles. The van der Waals surface area contributed by atoms with Gasteiger partial charge in [-0.25, -0.2) is 4.79 Å². The second-order valence-electron chi connectivity index (χ2n) is 4.40. The Balaban J connectivity index is 2.02. The van der Waals surface area contributed by atoms with Crippen LogP contribution in [0.2, 0.25) is 0 Å². The van der Waals surface area contributed by atoms with Crippen LogP contribution in [-0.4, -0.2) is 13.1 Å². The van der Waals surface area contributed by atoms with Crippen LogP contribution >= 0.6 is 0 Å². The number of hydrogen-bond donors (Lipinski definition) is 3. The fraction of sp³-hybridized carbons (Fsp3) is 0.133. The summed E-state index contributed by atoms with van der Waals surface area (Å²) in [6.45, 7) is 1.99. The maximum Gasteiger partial charge on any atom is 0.323 e. The molecule has 0 spiro atoms. The molecule has 2 aromatic carbocycles. The lowest BCUT2D eigenvalue weighted by Crippen LogP contribution is -2.20. The van der Waals surface area contributed by atoms with Gasteiger partial charge in [-0.2, -0.15) is 0 Å². The van der Waals surface area contributed by atoms with E-state index >= 15 is 0 Å². The maximum absolute atomic E-state index is 11.9. The number of carbonyl (C=O) groups excluding carboxylic acids is 1. The van der Waals surface area contributed by atoms with Crippen LogP contribution in [0, 0.1) is 6.92 Å². The molecule has 2 rings (SSSR count). The van der Waals surface area contributed by atoms with Crippen molar-refractivity contribution in [1.82, 2.24) is 0 Å². The van der Waals surface area contributed by atoms with E-state index in [1.807, 2.05) is 31.2 Å². The number of amides is 2. The monoisotopic (exact) mass is 271 g/mol. The number of nitrogens with two attached hydrogens (primary N) is 1. The molecule has 5 nitrogen and oxygen atoms in total. The van der Waals surface area contributed by atoms with E-state index in [-0.39, 0.29) is 6.03 Å². The molecule has 0 heterocycles. The molecule has 0 fully saturated rings. The van der Waals surface area contributed by atoms with Crippen LogP contribution < -0.4 is 21.1 Å². The minimum absolute atomic E-state index is 0.342. The highest BCUT2D eigenvalue weighted by Crippen LogP contribution is 2.24. The Morgan fingerprint density at radius 3 is 2.40 bits per heavy atom. The standard InChI is InChI=1S/C15H17N3O2/c1-10-3-5-11(6-4-10)17-15(19)18-14-8-7-12(20-2)9-13(14)16/h3-9H,16H2,1-2H3,(H2,17,18,19). The molecule has 2 amide bonds. The first-order chi connectivity index (χ1) is 9.58. The fourth-order valence-corrected chi connectivity index (χ4v) is 1.70. The van der Waals surface area contributed by atoms with Crippen molar-refractivity contribution in [3.8, 4) is 5.75 Å². The highest BCUT2D eigenvalue weighted by molar-refractivity contribution is 6.01. The summed E-state index contributed by atoms with van der Waals surface area (Å²) in [6.07, 6.45) is 0. The summed E-state index contributed by atoms with van der Waals surface area (Å²) in [5, 5.41) is 5.43. The molecule has 20 heavy (non-hydrogen) atoms. The number of benzene rings is 2. The van der Waals surface area contributed by atoms with Crippen LogP contribution in [-0.2, 0) is 0 Å². The van der Waals surface area contributed by atoms with E-state index in [0.717, 1.165) is 11.3 Å². The molecule has 0 unspecified atom stereocenters. The summed E-state index contributed by atoms with van der Waals surface area (Å²) in [4.78, 5) is 11.9. The Morgan fingerprint density at radius 1 is 1.10 bits per heavy atom. The van der Waals surface area contributed by atoms with Gasteiger partial charge in [-0.15, -0.1) is 0 Å². The normalized spacial score (nSPS) is 9.90. The Kier molecular flexibility index (Phi) is 4.10. The number of hydrogen-bond acceptors (Lipinski definition) is 3. The lowest BCUT2D eigenvalue weighted by molar-refractivity contribution is 0.262. The average molecular weight is 271 g/mol. The second kappa shape index (κ2) is 5.97. The van der Waals surface area contributed by atoms with Gasteiger partial charge in [0, 0.05) is 11.8 Å². The molecular formula is C15H17N3O2. The molecule has 5 heteroatoms. The molecule has 0 saturated heterocycles. The Labute approximate surface area is 117 Å². The highest BCUT2D eigenvalue weighted by Gasteiger charge is 2.06. The summed E-state index contributed by atoms with van der Waals surface area (Å²) in [7, 11) is 1.56. The third-order valence-corrected chi connectivity index (χ3v) is 2.82. The van der Waals surface area contributed by atoms with Crippen molar-refractivity contribution in [2.45, 2.75) is 6.92 Å². The Bertz CT molecular complexity index is 609. The molecule has 0 aliphatic heterocycles. The van der Waals surface area contributed by atoms with Crippen molar-refractivity contribution >= 4 is 23.1 Å². The molecule has 0 bridgehead atoms. The first-order valence-electron chi connectivity index (χ1n) is 6.16. The molecule has 0 radical (unpaired) electrons. The molecule has 0 aromatic heterocycles. The summed E-state index contributed by atoms with van der Waals surface area (Å²) < 4.78 is 5.05. The molecule has 2 aromatic rings. The van der Waals surface area contributed by atoms with Gasteiger partial charge in [0.1, 0.15) is 5.75 Å². The lowest BCUT2D eigenvalue weighted by Gasteiger charge is -2.11. The SMILES string of the molecule is COc1ccc(NC(=O)Nc2ccc(C)cc2)c(N)c1. The van der Waals surface area contributed by atoms with Gasteiger partial charge in [-0.3, -0.25) is 0 Å². The highest BCUT2D eigenvalue weighted by atomic mass is 16.5. The third-order valence-electron chi connectivity index (χ3n) is 2.82. The smallest absolute Gasteiger partial charge is 0.323 e. The van der Waals surface area contributed by atoms with Gasteiger partial charge in [-0.05, 0) is 31.2 Å². The van der Waals surface area contributed by atoms with Crippen molar-refractivity contribution in [1.29, 1.82) is 0 Å². The molecule has 0 aliphatic rings. The molecular weight excluding hydrogens is 254 g/mol. The topological polar surface area (TPSA) is 76.4 Å². The summed E-state index contributed by atoms with van der Waals surface area (Å²) >= 11 is 0. The zero-order chi connectivity index (χ0) is 14.5. The minimum atomic E-state index is -0.342. The van der Waals surface area contributed by atoms with Crippen molar-refractivity contribution in [3.63, 3.8) is 0 Å². The number of methoxy groups -OCH3 is 1. The van der Waals surface area contributed by atoms with Crippen LogP contribution in [0.1, 0.15) is 5.56 Å². The van der Waals surface area contributed by atoms with E-state index in [0.29, 0.717) is 17.1 Å². The van der Waals surface area contributed by atoms with E-state index in [1.165, 1.54) is 0 Å². The van der Waals surface area contributed by atoms with Crippen molar-refractivity contribution in [3.05, 3.63) is 48.0 Å². The molecule has 104 valence electrons. The largest absolute Gasteiger partial charge is 0.497 e. The number of carbonyl (C=O) groups is 1. The maximum atomic E-state index is 11.9. The Hall–Kier alpha value is -2.69. The zero-order valence-electron chi connectivity index (χ0n) is 11.4. The van der Waals surface area contributed by atoms with Gasteiger partial charge in [0.05, 0.1) is 18.5 Å². The molecule has 4 N–H and O–H groups in total. The van der Waals surface area contributed by atoms with Gasteiger partial charge in [0.15, 0.2) is 0 Å². The quantitative estimate of drug-likeness (QED) is 0.750. The summed E-state index contributed by atoms with van der Waals surface area (Å²) in [5.41, 5.74) is 8.68. The van der Waals surface area contributed by atoms with Gasteiger partial charge >= 0.3 is 6.03 Å². The van der Waals surface area contributed by atoms with Crippen molar-refractivity contribution < 1.29 is 9.53 Å². The van der Waals surface area contributed by atoms with Crippen LogP contribution in [0.5, 0.6) is 5.75 Å². The predicted octanol–water partition coefficient (Wildman–Crippen LogP) is 3.23. The number of rotatable bonds is 3. The predicted molar refractivity (Wildman–Crippen MR) is 81.2 cm³/mol. The van der Waals surface area contributed by atoms with Crippen LogP contribution in [0.25, 0.3) is 0 Å². The molecule has 0 atom stereocenters. The molecule has 0 saturated carbocycles. The summed E-state index contributed by atoms with van der Waals surface area (Å²) in [6, 6.07) is 12.3. The van der Waals surface area contributed by atoms with Crippen molar-refractivity contribution in [2.24, 2.45) is 0 Å². The third kappa shape index (κ3) is 3.41. The first-order valence-corrected chi connectivity index (χ1v) is 6.16. The first kappa shape index (κ1) is 13.7. The van der Waals surface area contributed by atoms with Crippen LogP contribution in [0.4, 0.5) is 21.9 Å². The number of aryl methyl sites for hydroxylation is 1. The van der Waals surface area contributed by atoms with Gasteiger partial charge in [0.2, 0.25) is 0 Å². The van der Waals surface area contributed by atoms with E-state index < -0.39 is 0 Å². The minimum Gasteiger partial charge on any atom is -0.497 e. The van der Waals surface area contributed by atoms with Crippen LogP contribution in [0.15, 0.2) is 42.5 Å². The van der Waals surface area contributed by atoms with Gasteiger partial charge in [0.25, 0.3) is 0 Å². The zero-order valence-corrected chi connectivity index (χ0v) is 11.4. The number of urea groups is 1. The number of nitrogen functional groups attached to an aromatic ring is 1. The van der Waals surface area contributed by atoms with E-state index in [4.69, 9.17) is 10.5 Å². The van der Waals surface area contributed by atoms with Crippen molar-refractivity contribution in [2.75, 3.05) is 23.5 Å². The number of ether oxygens (including phenoxy) is 1. The number of anilines is 3. The van der Waals surface area contributed by atoms with Crippen LogP contribution in [0.3, 0.4) is 0 Å². The average Bonchev–Trinajstić information content (AvgIpc) is 2.43.